The minimum absolute atomic E-state index is 0.235. The molecule has 1 N–H and O–H groups in total. The van der Waals surface area contributed by atoms with Crippen molar-refractivity contribution in [3.8, 4) is 0 Å². The molecule has 0 fully saturated rings. The first-order valence-electron chi connectivity index (χ1n) is 8.90. The third-order valence-corrected chi connectivity index (χ3v) is 5.17. The summed E-state index contributed by atoms with van der Waals surface area (Å²) in [4.78, 5) is 17.4. The van der Waals surface area contributed by atoms with Gasteiger partial charge in [0.05, 0.1) is 35.1 Å². The lowest BCUT2D eigenvalue weighted by atomic mass is 10.1. The highest BCUT2D eigenvalue weighted by Crippen LogP contribution is 2.24. The van der Waals surface area contributed by atoms with Crippen molar-refractivity contribution in [2.75, 3.05) is 5.32 Å². The summed E-state index contributed by atoms with van der Waals surface area (Å²) < 4.78 is 3.38. The van der Waals surface area contributed by atoms with Crippen LogP contribution in [-0.2, 0) is 13.6 Å². The van der Waals surface area contributed by atoms with Gasteiger partial charge < -0.3 is 5.32 Å². The van der Waals surface area contributed by atoms with Gasteiger partial charge in [-0.15, -0.1) is 0 Å². The van der Waals surface area contributed by atoms with Crippen LogP contribution in [-0.4, -0.2) is 30.5 Å². The SMILES string of the molecule is Cc1cc(C(=O)Nc2cnn(Cc3ccc(Cl)cc3Cl)c2)c2c(C)nn(C)c2n1. The van der Waals surface area contributed by atoms with Crippen molar-refractivity contribution in [2.24, 2.45) is 7.05 Å². The molecule has 1 amide bonds. The second-order valence-electron chi connectivity index (χ2n) is 6.84. The summed E-state index contributed by atoms with van der Waals surface area (Å²) in [6, 6.07) is 7.09. The third kappa shape index (κ3) is 3.83. The van der Waals surface area contributed by atoms with Gasteiger partial charge in [-0.05, 0) is 37.6 Å². The lowest BCUT2D eigenvalue weighted by Gasteiger charge is -2.07. The molecule has 0 saturated heterocycles. The number of fused-ring (bicyclic) bond motifs is 1. The number of anilines is 1. The molecular weight excluding hydrogens is 411 g/mol. The first-order valence-corrected chi connectivity index (χ1v) is 9.66. The van der Waals surface area contributed by atoms with Gasteiger partial charge in [-0.25, -0.2) is 4.98 Å². The zero-order chi connectivity index (χ0) is 20.7. The summed E-state index contributed by atoms with van der Waals surface area (Å²) in [5.74, 6) is -0.235. The number of benzene rings is 1. The van der Waals surface area contributed by atoms with Crippen LogP contribution in [0.1, 0.15) is 27.3 Å². The van der Waals surface area contributed by atoms with Crippen LogP contribution in [0, 0.1) is 13.8 Å². The number of amides is 1. The molecule has 0 aliphatic rings. The number of carbonyl (C=O) groups is 1. The average molecular weight is 429 g/mol. The predicted molar refractivity (Wildman–Crippen MR) is 114 cm³/mol. The van der Waals surface area contributed by atoms with Crippen molar-refractivity contribution in [3.05, 3.63) is 69.2 Å². The topological polar surface area (TPSA) is 77.6 Å². The Balaban J connectivity index is 1.58. The number of nitrogens with zero attached hydrogens (tertiary/aromatic N) is 5. The Morgan fingerprint density at radius 2 is 2.00 bits per heavy atom. The predicted octanol–water partition coefficient (Wildman–Crippen LogP) is 4.39. The summed E-state index contributed by atoms with van der Waals surface area (Å²) in [7, 11) is 1.81. The standard InChI is InChI=1S/C20H18Cl2N6O/c1-11-6-16(18-12(2)26-27(3)19(18)24-11)20(29)25-15-8-23-28(10-15)9-13-4-5-14(21)7-17(13)22/h4-8,10H,9H2,1-3H3,(H,25,29). The number of halogens is 2. The van der Waals surface area contributed by atoms with Crippen LogP contribution in [0.3, 0.4) is 0 Å². The first kappa shape index (κ1) is 19.4. The summed E-state index contributed by atoms with van der Waals surface area (Å²) in [6.07, 6.45) is 3.35. The molecule has 4 aromatic rings. The number of nitrogens with one attached hydrogen (secondary N) is 1. The van der Waals surface area contributed by atoms with Crippen LogP contribution < -0.4 is 5.32 Å². The highest BCUT2D eigenvalue weighted by atomic mass is 35.5. The lowest BCUT2D eigenvalue weighted by Crippen LogP contribution is -2.13. The van der Waals surface area contributed by atoms with E-state index in [9.17, 15) is 4.79 Å². The fourth-order valence-electron chi connectivity index (χ4n) is 3.29. The molecule has 9 heteroatoms. The van der Waals surface area contributed by atoms with Crippen LogP contribution in [0.15, 0.2) is 36.7 Å². The maximum absolute atomic E-state index is 13.0. The van der Waals surface area contributed by atoms with Crippen LogP contribution in [0.25, 0.3) is 11.0 Å². The summed E-state index contributed by atoms with van der Waals surface area (Å²) >= 11 is 12.2. The molecule has 0 aliphatic carbocycles. The molecule has 7 nitrogen and oxygen atoms in total. The van der Waals surface area contributed by atoms with Crippen molar-refractivity contribution >= 4 is 45.8 Å². The minimum atomic E-state index is -0.235. The van der Waals surface area contributed by atoms with Gasteiger partial charge in [-0.1, -0.05) is 29.3 Å². The Morgan fingerprint density at radius 3 is 2.76 bits per heavy atom. The third-order valence-electron chi connectivity index (χ3n) is 4.58. The largest absolute Gasteiger partial charge is 0.319 e. The number of aromatic nitrogens is 5. The van der Waals surface area contributed by atoms with Gasteiger partial charge in [0.2, 0.25) is 0 Å². The van der Waals surface area contributed by atoms with E-state index < -0.39 is 0 Å². The van der Waals surface area contributed by atoms with Gasteiger partial charge in [-0.3, -0.25) is 14.2 Å². The number of hydrogen-bond acceptors (Lipinski definition) is 4. The Labute approximate surface area is 177 Å². The highest BCUT2D eigenvalue weighted by Gasteiger charge is 2.18. The van der Waals surface area contributed by atoms with Crippen molar-refractivity contribution < 1.29 is 4.79 Å². The smallest absolute Gasteiger partial charge is 0.256 e. The van der Waals surface area contributed by atoms with Gasteiger partial charge >= 0.3 is 0 Å². The molecule has 1 aromatic carbocycles. The fraction of sp³-hybridized carbons (Fsp3) is 0.200. The molecule has 0 bridgehead atoms. The van der Waals surface area contributed by atoms with E-state index in [4.69, 9.17) is 23.2 Å². The van der Waals surface area contributed by atoms with Crippen molar-refractivity contribution in [2.45, 2.75) is 20.4 Å². The Kier molecular flexibility index (Phi) is 5.02. The minimum Gasteiger partial charge on any atom is -0.319 e. The molecular formula is C20H18Cl2N6O. The summed E-state index contributed by atoms with van der Waals surface area (Å²) in [5.41, 5.74) is 4.19. The number of carbonyl (C=O) groups excluding carboxylic acids is 1. The quantitative estimate of drug-likeness (QED) is 0.522. The average Bonchev–Trinajstić information content (AvgIpc) is 3.21. The normalized spacial score (nSPS) is 11.2. The second kappa shape index (κ2) is 7.50. The maximum Gasteiger partial charge on any atom is 0.256 e. The van der Waals surface area contributed by atoms with Gasteiger partial charge in [0.1, 0.15) is 0 Å². The molecule has 29 heavy (non-hydrogen) atoms. The summed E-state index contributed by atoms with van der Waals surface area (Å²) in [6.45, 7) is 4.18. The van der Waals surface area contributed by atoms with E-state index in [1.54, 1.807) is 40.0 Å². The molecule has 148 valence electrons. The van der Waals surface area contributed by atoms with E-state index >= 15 is 0 Å². The van der Waals surface area contributed by atoms with Gasteiger partial charge in [0, 0.05) is 29.0 Å². The van der Waals surface area contributed by atoms with Gasteiger partial charge in [0.25, 0.3) is 5.91 Å². The van der Waals surface area contributed by atoms with E-state index in [2.05, 4.69) is 20.5 Å². The van der Waals surface area contributed by atoms with Crippen molar-refractivity contribution in [1.29, 1.82) is 0 Å². The fourth-order valence-corrected chi connectivity index (χ4v) is 3.75. The molecule has 0 atom stereocenters. The van der Waals surface area contributed by atoms with E-state index in [1.165, 1.54) is 0 Å². The summed E-state index contributed by atoms with van der Waals surface area (Å²) in [5, 5.41) is 13.5. The Bertz CT molecular complexity index is 1240. The molecule has 3 heterocycles. The molecule has 0 aliphatic heterocycles. The molecule has 3 aromatic heterocycles. The lowest BCUT2D eigenvalue weighted by molar-refractivity contribution is 0.102. The monoisotopic (exact) mass is 428 g/mol. The van der Waals surface area contributed by atoms with E-state index in [0.717, 1.165) is 22.3 Å². The van der Waals surface area contributed by atoms with Gasteiger partial charge in [0.15, 0.2) is 5.65 Å². The highest BCUT2D eigenvalue weighted by molar-refractivity contribution is 6.35. The molecule has 0 radical (unpaired) electrons. The van der Waals surface area contributed by atoms with Gasteiger partial charge in [-0.2, -0.15) is 10.2 Å². The van der Waals surface area contributed by atoms with Crippen LogP contribution in [0.2, 0.25) is 10.0 Å². The maximum atomic E-state index is 13.0. The zero-order valence-electron chi connectivity index (χ0n) is 16.1. The number of aryl methyl sites for hydroxylation is 3. The van der Waals surface area contributed by atoms with Crippen molar-refractivity contribution in [3.63, 3.8) is 0 Å². The first-order chi connectivity index (χ1) is 13.8. The number of pyridine rings is 1. The van der Waals surface area contributed by atoms with Crippen LogP contribution in [0.4, 0.5) is 5.69 Å². The molecule has 0 unspecified atom stereocenters. The van der Waals surface area contributed by atoms with Crippen LogP contribution in [0.5, 0.6) is 0 Å². The van der Waals surface area contributed by atoms with E-state index in [-0.39, 0.29) is 5.91 Å². The Hall–Kier alpha value is -2.90. The van der Waals surface area contributed by atoms with Crippen molar-refractivity contribution in [1.82, 2.24) is 24.5 Å². The van der Waals surface area contributed by atoms with Crippen LogP contribution >= 0.6 is 23.2 Å². The molecule has 4 rings (SSSR count). The second-order valence-corrected chi connectivity index (χ2v) is 7.68. The number of hydrogen-bond donors (Lipinski definition) is 1. The molecule has 0 saturated carbocycles. The molecule has 0 spiro atoms. The van der Waals surface area contributed by atoms with E-state index in [0.29, 0.717) is 33.5 Å². The van der Waals surface area contributed by atoms with E-state index in [1.807, 2.05) is 27.0 Å². The Morgan fingerprint density at radius 1 is 1.21 bits per heavy atom. The zero-order valence-corrected chi connectivity index (χ0v) is 17.6. The number of rotatable bonds is 4.